The minimum atomic E-state index is -0.991. The molecule has 2 aromatic rings. The Morgan fingerprint density at radius 2 is 1.56 bits per heavy atom. The first-order chi connectivity index (χ1) is 8.70. The van der Waals surface area contributed by atoms with E-state index >= 15 is 0 Å². The molecule has 0 saturated carbocycles. The van der Waals surface area contributed by atoms with Crippen molar-refractivity contribution in [2.24, 2.45) is 0 Å². The van der Waals surface area contributed by atoms with Gasteiger partial charge in [-0.05, 0) is 29.7 Å². The van der Waals surface area contributed by atoms with E-state index in [0.717, 1.165) is 11.1 Å². The zero-order valence-corrected chi connectivity index (χ0v) is 10.3. The molecule has 90 valence electrons. The van der Waals surface area contributed by atoms with Crippen molar-refractivity contribution in [3.05, 3.63) is 71.3 Å². The van der Waals surface area contributed by atoms with Gasteiger partial charge in [-0.2, -0.15) is 5.26 Å². The van der Waals surface area contributed by atoms with E-state index in [9.17, 15) is 5.11 Å². The molecule has 1 atom stereocenters. The molecule has 0 aliphatic rings. The van der Waals surface area contributed by atoms with E-state index in [-0.39, 0.29) is 0 Å². The Kier molecular flexibility index (Phi) is 3.45. The first-order valence-electron chi connectivity index (χ1n) is 5.99. The molecule has 0 saturated heterocycles. The van der Waals surface area contributed by atoms with Gasteiger partial charge in [0, 0.05) is 0 Å². The summed E-state index contributed by atoms with van der Waals surface area (Å²) < 4.78 is 0. The molecule has 18 heavy (non-hydrogen) atoms. The van der Waals surface area contributed by atoms with Gasteiger partial charge in [0.1, 0.15) is 5.60 Å². The van der Waals surface area contributed by atoms with Gasteiger partial charge in [0.25, 0.3) is 0 Å². The van der Waals surface area contributed by atoms with Crippen LogP contribution < -0.4 is 0 Å². The van der Waals surface area contributed by atoms with Gasteiger partial charge < -0.3 is 5.11 Å². The molecular formula is C16H15NO. The van der Waals surface area contributed by atoms with E-state index in [1.165, 1.54) is 0 Å². The molecule has 0 radical (unpaired) electrons. The van der Waals surface area contributed by atoms with E-state index in [2.05, 4.69) is 6.07 Å². The Morgan fingerprint density at radius 3 is 2.06 bits per heavy atom. The summed E-state index contributed by atoms with van der Waals surface area (Å²) in [5.74, 6) is 0. The summed E-state index contributed by atoms with van der Waals surface area (Å²) in [7, 11) is 0. The van der Waals surface area contributed by atoms with E-state index in [0.29, 0.717) is 12.0 Å². The van der Waals surface area contributed by atoms with Crippen molar-refractivity contribution in [2.45, 2.75) is 18.9 Å². The molecule has 0 heterocycles. The van der Waals surface area contributed by atoms with Gasteiger partial charge >= 0.3 is 0 Å². The first-order valence-corrected chi connectivity index (χ1v) is 5.99. The standard InChI is InChI=1S/C16H15NO/c1-2-16(18,14-6-4-3-5-7-14)15-10-8-13(12-17)9-11-15/h3-11,18H,2H2,1H3. The first kappa shape index (κ1) is 12.3. The molecular weight excluding hydrogens is 222 g/mol. The Balaban J connectivity index is 2.47. The third-order valence-corrected chi connectivity index (χ3v) is 3.25. The normalized spacial score (nSPS) is 13.6. The second kappa shape index (κ2) is 5.03. The van der Waals surface area contributed by atoms with E-state index in [1.807, 2.05) is 49.4 Å². The van der Waals surface area contributed by atoms with Crippen LogP contribution in [0.3, 0.4) is 0 Å². The average molecular weight is 237 g/mol. The molecule has 2 aromatic carbocycles. The van der Waals surface area contributed by atoms with Crippen molar-refractivity contribution in [3.63, 3.8) is 0 Å². The maximum absolute atomic E-state index is 10.8. The van der Waals surface area contributed by atoms with Crippen molar-refractivity contribution >= 4 is 0 Å². The van der Waals surface area contributed by atoms with E-state index in [4.69, 9.17) is 5.26 Å². The van der Waals surface area contributed by atoms with E-state index < -0.39 is 5.60 Å². The van der Waals surface area contributed by atoms with Crippen molar-refractivity contribution in [1.29, 1.82) is 5.26 Å². The molecule has 0 aromatic heterocycles. The lowest BCUT2D eigenvalue weighted by atomic mass is 9.84. The summed E-state index contributed by atoms with van der Waals surface area (Å²) in [4.78, 5) is 0. The van der Waals surface area contributed by atoms with Gasteiger partial charge in [-0.1, -0.05) is 49.4 Å². The molecule has 0 spiro atoms. The smallest absolute Gasteiger partial charge is 0.114 e. The van der Waals surface area contributed by atoms with Gasteiger partial charge in [-0.15, -0.1) is 0 Å². The summed E-state index contributed by atoms with van der Waals surface area (Å²) in [6.07, 6.45) is 0.586. The molecule has 1 unspecified atom stereocenters. The van der Waals surface area contributed by atoms with Crippen molar-refractivity contribution in [2.75, 3.05) is 0 Å². The number of aliphatic hydroxyl groups is 1. The van der Waals surface area contributed by atoms with Crippen LogP contribution in [0.4, 0.5) is 0 Å². The highest BCUT2D eigenvalue weighted by Gasteiger charge is 2.28. The van der Waals surface area contributed by atoms with Gasteiger partial charge in [0.2, 0.25) is 0 Å². The van der Waals surface area contributed by atoms with Gasteiger partial charge in [0.15, 0.2) is 0 Å². The zero-order chi connectivity index (χ0) is 13.0. The van der Waals surface area contributed by atoms with E-state index in [1.54, 1.807) is 12.1 Å². The summed E-state index contributed by atoms with van der Waals surface area (Å²) in [5.41, 5.74) is 1.30. The van der Waals surface area contributed by atoms with Gasteiger partial charge in [-0.3, -0.25) is 0 Å². The predicted octanol–water partition coefficient (Wildman–Crippen LogP) is 3.20. The summed E-state index contributed by atoms with van der Waals surface area (Å²) in [6, 6.07) is 18.8. The highest BCUT2D eigenvalue weighted by molar-refractivity contribution is 5.39. The molecule has 0 aliphatic heterocycles. The Hall–Kier alpha value is -2.11. The zero-order valence-electron chi connectivity index (χ0n) is 10.3. The minimum absolute atomic E-state index is 0.586. The van der Waals surface area contributed by atoms with Crippen molar-refractivity contribution in [1.82, 2.24) is 0 Å². The second-order valence-electron chi connectivity index (χ2n) is 4.27. The molecule has 0 amide bonds. The number of rotatable bonds is 3. The average Bonchev–Trinajstić information content (AvgIpc) is 2.47. The fourth-order valence-electron chi connectivity index (χ4n) is 2.11. The third-order valence-electron chi connectivity index (χ3n) is 3.25. The number of benzene rings is 2. The van der Waals surface area contributed by atoms with Crippen molar-refractivity contribution in [3.8, 4) is 6.07 Å². The lowest BCUT2D eigenvalue weighted by molar-refractivity contribution is 0.0765. The number of nitriles is 1. The van der Waals surface area contributed by atoms with Crippen LogP contribution in [-0.2, 0) is 5.60 Å². The monoisotopic (exact) mass is 237 g/mol. The van der Waals surface area contributed by atoms with Crippen LogP contribution >= 0.6 is 0 Å². The van der Waals surface area contributed by atoms with Crippen LogP contribution in [0.5, 0.6) is 0 Å². The largest absolute Gasteiger partial charge is 0.380 e. The fourth-order valence-corrected chi connectivity index (χ4v) is 2.11. The van der Waals surface area contributed by atoms with Crippen molar-refractivity contribution < 1.29 is 5.11 Å². The lowest BCUT2D eigenvalue weighted by Gasteiger charge is -2.28. The van der Waals surface area contributed by atoms with Crippen LogP contribution in [0.2, 0.25) is 0 Å². The SMILES string of the molecule is CCC(O)(c1ccccc1)c1ccc(C#N)cc1. The molecule has 1 N–H and O–H groups in total. The van der Waals surface area contributed by atoms with Crippen LogP contribution in [0, 0.1) is 11.3 Å². The molecule has 0 fully saturated rings. The summed E-state index contributed by atoms with van der Waals surface area (Å²) in [6.45, 7) is 1.95. The topological polar surface area (TPSA) is 44.0 Å². The Labute approximate surface area is 107 Å². The van der Waals surface area contributed by atoms with Crippen LogP contribution in [0.15, 0.2) is 54.6 Å². The predicted molar refractivity (Wildman–Crippen MR) is 70.9 cm³/mol. The van der Waals surface area contributed by atoms with Crippen LogP contribution in [-0.4, -0.2) is 5.11 Å². The second-order valence-corrected chi connectivity index (χ2v) is 4.27. The molecule has 2 heteroatoms. The quantitative estimate of drug-likeness (QED) is 0.890. The molecule has 2 nitrogen and oxygen atoms in total. The highest BCUT2D eigenvalue weighted by atomic mass is 16.3. The maximum atomic E-state index is 10.8. The Bertz CT molecular complexity index is 554. The summed E-state index contributed by atoms with van der Waals surface area (Å²) in [5, 5.41) is 19.6. The fraction of sp³-hybridized carbons (Fsp3) is 0.188. The summed E-state index contributed by atoms with van der Waals surface area (Å²) >= 11 is 0. The third kappa shape index (κ3) is 2.13. The Morgan fingerprint density at radius 1 is 1.00 bits per heavy atom. The van der Waals surface area contributed by atoms with Gasteiger partial charge in [0.05, 0.1) is 11.6 Å². The number of hydrogen-bond acceptors (Lipinski definition) is 2. The minimum Gasteiger partial charge on any atom is -0.380 e. The molecule has 0 aliphatic carbocycles. The maximum Gasteiger partial charge on any atom is 0.114 e. The molecule has 0 bridgehead atoms. The molecule has 2 rings (SSSR count). The lowest BCUT2D eigenvalue weighted by Crippen LogP contribution is -2.26. The number of hydrogen-bond donors (Lipinski definition) is 1. The van der Waals surface area contributed by atoms with Crippen LogP contribution in [0.25, 0.3) is 0 Å². The highest BCUT2D eigenvalue weighted by Crippen LogP contribution is 2.32. The van der Waals surface area contributed by atoms with Gasteiger partial charge in [-0.25, -0.2) is 0 Å². The number of nitrogens with zero attached hydrogens (tertiary/aromatic N) is 1. The van der Waals surface area contributed by atoms with Crippen LogP contribution in [0.1, 0.15) is 30.0 Å².